The number of hydrogen-bond acceptors (Lipinski definition) is 4. The zero-order valence-corrected chi connectivity index (χ0v) is 6.60. The molecule has 0 fully saturated rings. The topological polar surface area (TPSA) is 51.6 Å². The summed E-state index contributed by atoms with van der Waals surface area (Å²) in [4.78, 5) is 0. The van der Waals surface area contributed by atoms with Gasteiger partial charge in [0.05, 0.1) is 0 Å². The Balaban J connectivity index is 0.000000490. The van der Waals surface area contributed by atoms with Gasteiger partial charge in [-0.2, -0.15) is 5.10 Å². The number of rotatable bonds is 0. The summed E-state index contributed by atoms with van der Waals surface area (Å²) in [6.07, 6.45) is 2.41. The molecule has 1 aromatic rings. The van der Waals surface area contributed by atoms with Gasteiger partial charge in [0.2, 0.25) is 0 Å². The van der Waals surface area contributed by atoms with Gasteiger partial charge in [0.15, 0.2) is 0 Å². The summed E-state index contributed by atoms with van der Waals surface area (Å²) >= 11 is 2.98. The van der Waals surface area contributed by atoms with E-state index in [1.54, 1.807) is 0 Å². The average Bonchev–Trinajstić information content (AvgIpc) is 1.69. The van der Waals surface area contributed by atoms with Crippen molar-refractivity contribution in [2.24, 2.45) is 0 Å². The molecule has 0 atom stereocenters. The second-order valence-electron chi connectivity index (χ2n) is 0.781. The largest absolute Gasteiger partial charge is 0.347 e. The third-order valence-corrected chi connectivity index (χ3v) is 0.695. The van der Waals surface area contributed by atoms with Crippen molar-refractivity contribution in [3.8, 4) is 0 Å². The number of aromatic nitrogens is 4. The zero-order chi connectivity index (χ0) is 5.11. The molecule has 0 spiro atoms. The molecule has 8 heavy (non-hydrogen) atoms. The predicted molar refractivity (Wildman–Crippen MR) is 24.2 cm³/mol. The van der Waals surface area contributed by atoms with Gasteiger partial charge in [-0.1, -0.05) is 21.1 Å². The number of hydrogen-bond donors (Lipinski definition) is 0. The van der Waals surface area contributed by atoms with E-state index < -0.39 is 0 Å². The van der Waals surface area contributed by atoms with E-state index in [1.165, 1.54) is 0 Å². The van der Waals surface area contributed by atoms with Crippen LogP contribution < -0.4 is 0 Å². The van der Waals surface area contributed by atoms with Crippen LogP contribution in [0, 0.1) is 6.20 Å². The van der Waals surface area contributed by atoms with Crippen molar-refractivity contribution in [2.45, 2.75) is 0 Å². The monoisotopic (exact) mass is 210 g/mol. The molecule has 0 aliphatic carbocycles. The van der Waals surface area contributed by atoms with Crippen LogP contribution in [0.25, 0.3) is 0 Å². The summed E-state index contributed by atoms with van der Waals surface area (Å²) in [6, 6.07) is 0. The Hall–Kier alpha value is 0.00442. The second kappa shape index (κ2) is 3.94. The molecule has 1 radical (unpaired) electrons. The van der Waals surface area contributed by atoms with Crippen LogP contribution in [-0.2, 0) is 18.6 Å². The van der Waals surface area contributed by atoms with Crippen molar-refractivity contribution in [3.63, 3.8) is 0 Å². The summed E-state index contributed by atoms with van der Waals surface area (Å²) in [5, 5.41) is 13.0. The van der Waals surface area contributed by atoms with Crippen molar-refractivity contribution in [1.82, 2.24) is 20.6 Å². The Morgan fingerprint density at radius 3 is 2.38 bits per heavy atom. The minimum Gasteiger partial charge on any atom is -0.347 e. The third-order valence-electron chi connectivity index (χ3n) is 0.359. The fourth-order valence-corrected chi connectivity index (χ4v) is 0.315. The van der Waals surface area contributed by atoms with Gasteiger partial charge in [-0.05, 0) is 9.82 Å². The maximum Gasteiger partial charge on any atom is 0 e. The maximum absolute atomic E-state index is 3.42. The first-order valence-corrected chi connectivity index (χ1v) is 2.28. The van der Waals surface area contributed by atoms with Gasteiger partial charge >= 0.3 is 0 Å². The molecule has 4 nitrogen and oxygen atoms in total. The summed E-state index contributed by atoms with van der Waals surface area (Å²) in [6.45, 7) is 0. The molecule has 0 unspecified atom stereocenters. The van der Waals surface area contributed by atoms with Crippen molar-refractivity contribution < 1.29 is 18.6 Å². The van der Waals surface area contributed by atoms with E-state index in [0.29, 0.717) is 4.60 Å². The van der Waals surface area contributed by atoms with Crippen LogP contribution in [0.15, 0.2) is 4.60 Å². The standard InChI is InChI=1S/C2BrN4.V/c3-2-1-4-6-7-5-2;/q-1;. The van der Waals surface area contributed by atoms with Gasteiger partial charge in [0.25, 0.3) is 0 Å². The predicted octanol–water partition coefficient (Wildman–Crippen LogP) is -0.173. The van der Waals surface area contributed by atoms with E-state index in [0.717, 1.165) is 0 Å². The first-order chi connectivity index (χ1) is 3.39. The van der Waals surface area contributed by atoms with E-state index in [2.05, 4.69) is 42.8 Å². The second-order valence-corrected chi connectivity index (χ2v) is 1.53. The molecule has 0 amide bonds. The molecule has 0 saturated heterocycles. The number of nitrogens with zero attached hydrogens (tertiary/aromatic N) is 4. The van der Waals surface area contributed by atoms with E-state index in [9.17, 15) is 0 Å². The van der Waals surface area contributed by atoms with E-state index in [1.807, 2.05) is 0 Å². The van der Waals surface area contributed by atoms with Crippen molar-refractivity contribution in [1.29, 1.82) is 0 Å². The van der Waals surface area contributed by atoms with E-state index >= 15 is 0 Å². The quantitative estimate of drug-likeness (QED) is 0.558. The molecule has 41 valence electrons. The van der Waals surface area contributed by atoms with Crippen LogP contribution >= 0.6 is 15.9 Å². The molecule has 0 N–H and O–H groups in total. The third kappa shape index (κ3) is 2.35. The van der Waals surface area contributed by atoms with Crippen LogP contribution in [-0.4, -0.2) is 20.6 Å². The molecule has 1 heterocycles. The van der Waals surface area contributed by atoms with Crippen LogP contribution in [0.4, 0.5) is 0 Å². The van der Waals surface area contributed by atoms with Crippen molar-refractivity contribution in [2.75, 3.05) is 0 Å². The maximum atomic E-state index is 3.42. The Labute approximate surface area is 66.1 Å². The summed E-state index contributed by atoms with van der Waals surface area (Å²) in [5.41, 5.74) is 0. The molecule has 0 saturated carbocycles. The molecule has 6 heteroatoms. The van der Waals surface area contributed by atoms with Crippen molar-refractivity contribution >= 4 is 15.9 Å². The van der Waals surface area contributed by atoms with E-state index in [-0.39, 0.29) is 18.6 Å². The molecular weight excluding hydrogens is 211 g/mol. The molecule has 1 aromatic heterocycles. The number of halogens is 1. The Kier molecular flexibility index (Phi) is 3.94. The van der Waals surface area contributed by atoms with Crippen LogP contribution in [0.1, 0.15) is 0 Å². The van der Waals surface area contributed by atoms with Crippen LogP contribution in [0.5, 0.6) is 0 Å². The SMILES string of the molecule is Brc1[c-]nnnn1.[V]. The zero-order valence-electron chi connectivity index (χ0n) is 3.61. The van der Waals surface area contributed by atoms with E-state index in [4.69, 9.17) is 0 Å². The van der Waals surface area contributed by atoms with Gasteiger partial charge in [-0.15, -0.1) is 0 Å². The average molecular weight is 211 g/mol. The fraction of sp³-hybridized carbons (Fsp3) is 0. The first-order valence-electron chi connectivity index (χ1n) is 1.49. The summed E-state index contributed by atoms with van der Waals surface area (Å²) in [5.74, 6) is 0. The van der Waals surface area contributed by atoms with Gasteiger partial charge in [0.1, 0.15) is 0 Å². The van der Waals surface area contributed by atoms with Crippen molar-refractivity contribution in [3.05, 3.63) is 10.8 Å². The fourth-order valence-electron chi connectivity index (χ4n) is 0.165. The molecule has 0 aliphatic heterocycles. The smallest absolute Gasteiger partial charge is 0 e. The Morgan fingerprint density at radius 1 is 1.38 bits per heavy atom. The Morgan fingerprint density at radius 2 is 2.12 bits per heavy atom. The van der Waals surface area contributed by atoms with Crippen LogP contribution in [0.3, 0.4) is 0 Å². The molecule has 0 aromatic carbocycles. The minimum absolute atomic E-state index is 0. The molecule has 1 rings (SSSR count). The van der Waals surface area contributed by atoms with Gasteiger partial charge in [0, 0.05) is 18.6 Å². The molecule has 0 aliphatic rings. The minimum atomic E-state index is 0. The summed E-state index contributed by atoms with van der Waals surface area (Å²) < 4.78 is 0.475. The first kappa shape index (κ1) is 8.00. The normalized spacial score (nSPS) is 7.62. The Bertz CT molecular complexity index is 144. The van der Waals surface area contributed by atoms with Gasteiger partial charge in [-0.25, -0.2) is 0 Å². The van der Waals surface area contributed by atoms with Gasteiger partial charge < -0.3 is 11.3 Å². The van der Waals surface area contributed by atoms with Gasteiger partial charge in [-0.3, -0.25) is 0 Å². The molecule has 0 bridgehead atoms. The molecular formula is C2BrN4V-. The summed E-state index contributed by atoms with van der Waals surface area (Å²) in [7, 11) is 0. The van der Waals surface area contributed by atoms with Crippen LogP contribution in [0.2, 0.25) is 0 Å².